The summed E-state index contributed by atoms with van der Waals surface area (Å²) < 4.78 is 0. The van der Waals surface area contributed by atoms with Gasteiger partial charge < -0.3 is 15.7 Å². The second kappa shape index (κ2) is 8.04. The fourth-order valence-corrected chi connectivity index (χ4v) is 2.08. The van der Waals surface area contributed by atoms with Gasteiger partial charge in [-0.25, -0.2) is 9.97 Å². The number of aromatic nitrogens is 2. The molecule has 0 unspecified atom stereocenters. The molecule has 0 bridgehead atoms. The van der Waals surface area contributed by atoms with E-state index in [9.17, 15) is 5.11 Å². The van der Waals surface area contributed by atoms with Crippen LogP contribution in [0, 0.1) is 5.41 Å². The van der Waals surface area contributed by atoms with Crippen LogP contribution >= 0.6 is 0 Å². The predicted molar refractivity (Wildman–Crippen MR) is 84.2 cm³/mol. The lowest BCUT2D eigenvalue weighted by atomic mass is 9.83. The Bertz CT molecular complexity index is 397. The Hall–Kier alpha value is -1.36. The minimum Gasteiger partial charge on any atom is -0.396 e. The number of hydrogen-bond donors (Lipinski definition) is 3. The standard InChI is InChI=1S/C15H28N4O/c1-5-12-18-13(16-8-4)9-14(19-12)17-10-15(6-2,7-3)11-20/h9,20H,5-8,10-11H2,1-4H3,(H2,16,17,18,19). The van der Waals surface area contributed by atoms with Gasteiger partial charge in [0.15, 0.2) is 0 Å². The molecule has 1 aromatic heterocycles. The first kappa shape index (κ1) is 16.7. The number of anilines is 2. The third kappa shape index (κ3) is 4.34. The lowest BCUT2D eigenvalue weighted by Crippen LogP contribution is -2.32. The third-order valence-electron chi connectivity index (χ3n) is 3.93. The highest BCUT2D eigenvalue weighted by Crippen LogP contribution is 2.26. The molecule has 0 radical (unpaired) electrons. The van der Waals surface area contributed by atoms with Crippen molar-refractivity contribution in [2.75, 3.05) is 30.3 Å². The number of rotatable bonds is 9. The number of aryl methyl sites for hydroxylation is 1. The largest absolute Gasteiger partial charge is 0.396 e. The van der Waals surface area contributed by atoms with Crippen LogP contribution in [0.4, 0.5) is 11.6 Å². The molecule has 0 aromatic carbocycles. The first-order valence-electron chi connectivity index (χ1n) is 7.59. The molecular formula is C15H28N4O. The van der Waals surface area contributed by atoms with Crippen molar-refractivity contribution in [3.63, 3.8) is 0 Å². The number of hydrogen-bond acceptors (Lipinski definition) is 5. The van der Waals surface area contributed by atoms with Gasteiger partial charge in [0.05, 0.1) is 6.61 Å². The maximum Gasteiger partial charge on any atom is 0.132 e. The summed E-state index contributed by atoms with van der Waals surface area (Å²) in [5.41, 5.74) is -0.0737. The van der Waals surface area contributed by atoms with Gasteiger partial charge in [-0.05, 0) is 19.8 Å². The van der Waals surface area contributed by atoms with E-state index >= 15 is 0 Å². The van der Waals surface area contributed by atoms with Crippen LogP contribution in [0.3, 0.4) is 0 Å². The van der Waals surface area contributed by atoms with Crippen LogP contribution in [-0.4, -0.2) is 34.8 Å². The van der Waals surface area contributed by atoms with Crippen molar-refractivity contribution in [3.05, 3.63) is 11.9 Å². The van der Waals surface area contributed by atoms with Crippen LogP contribution in [-0.2, 0) is 6.42 Å². The topological polar surface area (TPSA) is 70.1 Å². The van der Waals surface area contributed by atoms with Crippen LogP contribution in [0.15, 0.2) is 6.07 Å². The Labute approximate surface area is 122 Å². The molecule has 0 spiro atoms. The summed E-state index contributed by atoms with van der Waals surface area (Å²) in [6, 6.07) is 1.93. The van der Waals surface area contributed by atoms with E-state index < -0.39 is 0 Å². The molecule has 0 saturated carbocycles. The van der Waals surface area contributed by atoms with Gasteiger partial charge in [0, 0.05) is 31.0 Å². The van der Waals surface area contributed by atoms with E-state index in [0.717, 1.165) is 49.8 Å². The first-order valence-corrected chi connectivity index (χ1v) is 7.59. The van der Waals surface area contributed by atoms with Crippen molar-refractivity contribution in [2.45, 2.75) is 47.0 Å². The molecule has 1 heterocycles. The maximum atomic E-state index is 9.61. The molecule has 0 aliphatic heterocycles. The number of nitrogens with zero attached hydrogens (tertiary/aromatic N) is 2. The van der Waals surface area contributed by atoms with Crippen molar-refractivity contribution in [1.82, 2.24) is 9.97 Å². The summed E-state index contributed by atoms with van der Waals surface area (Å²) in [6.07, 6.45) is 2.69. The third-order valence-corrected chi connectivity index (χ3v) is 3.93. The van der Waals surface area contributed by atoms with Gasteiger partial charge in [0.2, 0.25) is 0 Å². The molecule has 0 aliphatic rings. The Morgan fingerprint density at radius 3 is 2.10 bits per heavy atom. The fraction of sp³-hybridized carbons (Fsp3) is 0.733. The molecule has 114 valence electrons. The average Bonchev–Trinajstić information content (AvgIpc) is 2.49. The van der Waals surface area contributed by atoms with Gasteiger partial charge in [0.1, 0.15) is 17.5 Å². The van der Waals surface area contributed by atoms with E-state index in [1.165, 1.54) is 0 Å². The van der Waals surface area contributed by atoms with Gasteiger partial charge in [-0.1, -0.05) is 20.8 Å². The highest BCUT2D eigenvalue weighted by atomic mass is 16.3. The molecule has 0 atom stereocenters. The quantitative estimate of drug-likeness (QED) is 0.649. The van der Waals surface area contributed by atoms with Crippen molar-refractivity contribution in [2.24, 2.45) is 5.41 Å². The number of aliphatic hydroxyl groups excluding tert-OH is 1. The highest BCUT2D eigenvalue weighted by Gasteiger charge is 2.25. The molecule has 5 nitrogen and oxygen atoms in total. The summed E-state index contributed by atoms with van der Waals surface area (Å²) >= 11 is 0. The molecule has 0 aliphatic carbocycles. The minimum atomic E-state index is -0.0737. The zero-order valence-electron chi connectivity index (χ0n) is 13.2. The van der Waals surface area contributed by atoms with E-state index in [1.807, 2.05) is 19.9 Å². The lowest BCUT2D eigenvalue weighted by molar-refractivity contribution is 0.127. The summed E-state index contributed by atoms with van der Waals surface area (Å²) in [5.74, 6) is 2.51. The number of nitrogens with one attached hydrogen (secondary N) is 2. The van der Waals surface area contributed by atoms with E-state index in [2.05, 4.69) is 34.4 Å². The smallest absolute Gasteiger partial charge is 0.132 e. The SMILES string of the molecule is CCNc1cc(NCC(CC)(CC)CO)nc(CC)n1. The molecule has 0 fully saturated rings. The molecule has 1 aromatic rings. The molecule has 3 N–H and O–H groups in total. The van der Waals surface area contributed by atoms with Crippen LogP contribution < -0.4 is 10.6 Å². The van der Waals surface area contributed by atoms with Crippen molar-refractivity contribution >= 4 is 11.6 Å². The van der Waals surface area contributed by atoms with Crippen LogP contribution in [0.5, 0.6) is 0 Å². The maximum absolute atomic E-state index is 9.61. The minimum absolute atomic E-state index is 0.0737. The Kier molecular flexibility index (Phi) is 6.71. The van der Waals surface area contributed by atoms with Crippen molar-refractivity contribution in [1.29, 1.82) is 0 Å². The molecule has 0 saturated heterocycles. The predicted octanol–water partition coefficient (Wildman–Crippen LogP) is 2.68. The second-order valence-corrected chi connectivity index (χ2v) is 5.16. The summed E-state index contributed by atoms with van der Waals surface area (Å²) in [4.78, 5) is 8.93. The van der Waals surface area contributed by atoms with Crippen molar-refractivity contribution < 1.29 is 5.11 Å². The van der Waals surface area contributed by atoms with Crippen LogP contribution in [0.25, 0.3) is 0 Å². The summed E-state index contributed by atoms with van der Waals surface area (Å²) in [7, 11) is 0. The monoisotopic (exact) mass is 280 g/mol. The van der Waals surface area contributed by atoms with Gasteiger partial charge in [-0.2, -0.15) is 0 Å². The molecule has 20 heavy (non-hydrogen) atoms. The van der Waals surface area contributed by atoms with Gasteiger partial charge in [-0.3, -0.25) is 0 Å². The fourth-order valence-electron chi connectivity index (χ4n) is 2.08. The van der Waals surface area contributed by atoms with E-state index in [1.54, 1.807) is 0 Å². The Morgan fingerprint density at radius 2 is 1.65 bits per heavy atom. The van der Waals surface area contributed by atoms with Gasteiger partial charge in [0.25, 0.3) is 0 Å². The molecule has 5 heteroatoms. The van der Waals surface area contributed by atoms with Gasteiger partial charge >= 0.3 is 0 Å². The molecule has 0 amide bonds. The van der Waals surface area contributed by atoms with Crippen LogP contribution in [0.1, 0.15) is 46.4 Å². The Balaban J connectivity index is 2.83. The van der Waals surface area contributed by atoms with E-state index in [4.69, 9.17) is 0 Å². The molecule has 1 rings (SSSR count). The zero-order chi connectivity index (χ0) is 15.0. The summed E-state index contributed by atoms with van der Waals surface area (Å²) in [6.45, 7) is 10.1. The first-order chi connectivity index (χ1) is 9.62. The van der Waals surface area contributed by atoms with Gasteiger partial charge in [-0.15, -0.1) is 0 Å². The van der Waals surface area contributed by atoms with E-state index in [0.29, 0.717) is 0 Å². The second-order valence-electron chi connectivity index (χ2n) is 5.16. The summed E-state index contributed by atoms with van der Waals surface area (Å²) in [5, 5.41) is 16.2. The molecular weight excluding hydrogens is 252 g/mol. The lowest BCUT2D eigenvalue weighted by Gasteiger charge is -2.29. The number of aliphatic hydroxyl groups is 1. The highest BCUT2D eigenvalue weighted by molar-refractivity contribution is 5.47. The van der Waals surface area contributed by atoms with Crippen LogP contribution in [0.2, 0.25) is 0 Å². The van der Waals surface area contributed by atoms with E-state index in [-0.39, 0.29) is 12.0 Å². The Morgan fingerprint density at radius 1 is 1.05 bits per heavy atom. The normalized spacial score (nSPS) is 11.4. The zero-order valence-corrected chi connectivity index (χ0v) is 13.2. The average molecular weight is 280 g/mol. The van der Waals surface area contributed by atoms with Crippen molar-refractivity contribution in [3.8, 4) is 0 Å².